The molecule has 34 nitrogen and oxygen atoms in total. The smallest absolute Gasteiger partial charge is 0.187 e. The fraction of sp³-hybridized carbons (Fsp3) is 1.00. The Balaban J connectivity index is 1.09. The summed E-state index contributed by atoms with van der Waals surface area (Å²) in [5, 5.41) is 0. The van der Waals surface area contributed by atoms with Crippen LogP contribution in [0.2, 0.25) is 0 Å². The monoisotopic (exact) mass is 1590 g/mol. The molecule has 21 saturated heterocycles. The molecular formula is C74H131O34P. The molecule has 636 valence electrons. The van der Waals surface area contributed by atoms with Gasteiger partial charge in [-0.05, 0) is 43.2 Å². The van der Waals surface area contributed by atoms with Crippen molar-refractivity contribution in [2.24, 2.45) is 0 Å². The lowest BCUT2D eigenvalue weighted by atomic mass is 9.94. The molecule has 0 aromatic carbocycles. The summed E-state index contributed by atoms with van der Waals surface area (Å²) in [6.07, 6.45) is -22.5. The molecule has 23 aliphatic rings. The normalized spacial score (nSPS) is 44.7. The minimum absolute atomic E-state index is 0.000179. The lowest BCUT2D eigenvalue weighted by Crippen LogP contribution is -2.69. The third-order valence-corrected chi connectivity index (χ3v) is 27.1. The number of hydrogen-bond donors (Lipinski definition) is 0. The summed E-state index contributed by atoms with van der Waals surface area (Å²) >= 11 is 0. The molecule has 35 heteroatoms. The fourth-order valence-corrected chi connectivity index (χ4v) is 22.3. The molecule has 0 amide bonds. The fourth-order valence-electron chi connectivity index (χ4n) is 18.3. The van der Waals surface area contributed by atoms with Crippen LogP contribution in [-0.2, 0) is 161 Å². The van der Waals surface area contributed by atoms with Crippen LogP contribution in [0.4, 0.5) is 0 Å². The zero-order valence-corrected chi connectivity index (χ0v) is 68.6. The van der Waals surface area contributed by atoms with Gasteiger partial charge in [-0.2, -0.15) is 0 Å². The van der Waals surface area contributed by atoms with Crippen LogP contribution in [0.15, 0.2) is 0 Å². The Kier molecular flexibility index (Phi) is 37.1. The Bertz CT molecular complexity index is 2490. The Morgan fingerprint density at radius 2 is 0.349 bits per heavy atom. The molecule has 23 fully saturated rings. The molecule has 2 aliphatic carbocycles. The average Bonchev–Trinajstić information content (AvgIpc) is 0.798. The third kappa shape index (κ3) is 20.3. The topological polar surface area (TPSA) is 314 Å². The summed E-state index contributed by atoms with van der Waals surface area (Å²) in [4.78, 5) is 0. The molecule has 0 spiro atoms. The first-order valence-electron chi connectivity index (χ1n) is 38.5. The number of rotatable bonds is 30. The number of hydrogen-bond acceptors (Lipinski definition) is 34. The molecule has 21 aliphatic heterocycles. The van der Waals surface area contributed by atoms with Crippen molar-refractivity contribution in [1.82, 2.24) is 0 Å². The molecule has 35 atom stereocenters. The van der Waals surface area contributed by atoms with Gasteiger partial charge in [0.2, 0.25) is 0 Å². The van der Waals surface area contributed by atoms with Gasteiger partial charge in [-0.25, -0.2) is 0 Å². The first kappa shape index (κ1) is 90.4. The van der Waals surface area contributed by atoms with Gasteiger partial charge in [0.1, 0.15) is 165 Å². The Morgan fingerprint density at radius 3 is 0.505 bits per heavy atom. The summed E-state index contributed by atoms with van der Waals surface area (Å²) in [6, 6.07) is 0. The van der Waals surface area contributed by atoms with Crippen molar-refractivity contribution in [3.8, 4) is 0 Å². The summed E-state index contributed by atoms with van der Waals surface area (Å²) < 4.78 is 226. The molecule has 0 aromatic heterocycles. The molecule has 109 heavy (non-hydrogen) atoms. The van der Waals surface area contributed by atoms with Gasteiger partial charge in [0.15, 0.2) is 44.0 Å². The Labute approximate surface area is 645 Å². The van der Waals surface area contributed by atoms with Crippen LogP contribution in [0.3, 0.4) is 0 Å². The molecule has 0 aromatic rings. The van der Waals surface area contributed by atoms with Crippen molar-refractivity contribution in [3.63, 3.8) is 0 Å². The van der Waals surface area contributed by atoms with Gasteiger partial charge < -0.3 is 161 Å². The number of methoxy groups -OCH3 is 20. The van der Waals surface area contributed by atoms with Gasteiger partial charge in [-0.15, -0.1) is 0 Å². The predicted molar refractivity (Wildman–Crippen MR) is 383 cm³/mol. The van der Waals surface area contributed by atoms with Crippen molar-refractivity contribution in [2.45, 2.75) is 290 Å². The molecule has 14 bridgehead atoms. The van der Waals surface area contributed by atoms with E-state index in [0.717, 1.165) is 25.7 Å². The lowest BCUT2D eigenvalue weighted by Gasteiger charge is -2.53. The molecule has 0 unspecified atom stereocenters. The van der Waals surface area contributed by atoms with Gasteiger partial charge in [-0.3, -0.25) is 0 Å². The van der Waals surface area contributed by atoms with Gasteiger partial charge >= 0.3 is 0 Å². The summed E-state index contributed by atoms with van der Waals surface area (Å²) in [5.41, 5.74) is 1.01. The zero-order chi connectivity index (χ0) is 78.0. The molecule has 2 saturated carbocycles. The van der Waals surface area contributed by atoms with E-state index in [-0.39, 0.29) is 39.6 Å². The van der Waals surface area contributed by atoms with Crippen LogP contribution in [-0.4, -0.2) is 414 Å². The maximum atomic E-state index is 7.59. The van der Waals surface area contributed by atoms with E-state index in [4.69, 9.17) is 161 Å². The first-order chi connectivity index (χ1) is 53.2. The minimum atomic E-state index is -1.21. The standard InChI is InChI=1S/C74H131O34P/c1-75-31-40-47-54(81-7)62(89-15)69(96-40)104-49-42(33-77-3)98-71(64(91-17)56(49)83-9)106-51-44(35-79-5)100-73(66(93-19)58(51)85-11)108-53-46(37-109(38-27-23-21-24-28-38)39-29-25-22-26-30-39)101-74(67(94-20)60(53)87-13)107-52-45(36-80-6)99-72(65(92-18)59(52)86-12)105-50-43(34-78-4)97-70(63(90-16)57(50)84-10)103-48-41(32-76-2)95-68(102-47)61(88-14)55(48)82-8/h38-74H,21-37H2,1-20H3/t40-,41-,42-,43-,44-,45-,46-,47-,48-,49-,50-,51-,52-,53-,54+,55+,56+,57+,58+,59+,60+,61-,62-,63-,64-,65-,66-,67-,68-,69-,70-,71-,72-,73-,74-/m1/s1. The highest BCUT2D eigenvalue weighted by molar-refractivity contribution is 7.59. The van der Waals surface area contributed by atoms with Crippen molar-refractivity contribution in [3.05, 3.63) is 0 Å². The van der Waals surface area contributed by atoms with Gasteiger partial charge in [0, 0.05) is 142 Å². The van der Waals surface area contributed by atoms with Crippen LogP contribution in [0.5, 0.6) is 0 Å². The predicted octanol–water partition coefficient (Wildman–Crippen LogP) is 3.01. The molecular weight excluding hydrogens is 1460 g/mol. The van der Waals surface area contributed by atoms with Crippen LogP contribution in [0, 0.1) is 0 Å². The van der Waals surface area contributed by atoms with Crippen molar-refractivity contribution in [1.29, 1.82) is 0 Å². The van der Waals surface area contributed by atoms with E-state index in [2.05, 4.69) is 0 Å². The van der Waals surface area contributed by atoms with Crippen LogP contribution in [0.1, 0.15) is 64.2 Å². The van der Waals surface area contributed by atoms with E-state index in [1.807, 2.05) is 0 Å². The third-order valence-electron chi connectivity index (χ3n) is 23.5. The van der Waals surface area contributed by atoms with Crippen LogP contribution >= 0.6 is 7.92 Å². The van der Waals surface area contributed by atoms with Crippen LogP contribution < -0.4 is 0 Å². The van der Waals surface area contributed by atoms with E-state index < -0.39 is 223 Å². The second-order valence-corrected chi connectivity index (χ2v) is 32.2. The van der Waals surface area contributed by atoms with Gasteiger partial charge in [0.05, 0.1) is 45.7 Å². The molecule has 0 N–H and O–H groups in total. The lowest BCUT2D eigenvalue weighted by molar-refractivity contribution is -0.402. The first-order valence-corrected chi connectivity index (χ1v) is 40.1. The highest BCUT2D eigenvalue weighted by Gasteiger charge is 2.63. The average molecular weight is 1600 g/mol. The Morgan fingerprint density at radius 1 is 0.193 bits per heavy atom. The highest BCUT2D eigenvalue weighted by atomic mass is 31.1. The van der Waals surface area contributed by atoms with Crippen molar-refractivity contribution < 1.29 is 161 Å². The summed E-state index contributed by atoms with van der Waals surface area (Å²) in [5.74, 6) is 0. The van der Waals surface area contributed by atoms with E-state index in [1.165, 1.54) is 81.2 Å². The van der Waals surface area contributed by atoms with Gasteiger partial charge in [-0.1, -0.05) is 46.4 Å². The van der Waals surface area contributed by atoms with E-state index in [1.54, 1.807) is 99.5 Å². The second kappa shape index (κ2) is 44.8. The van der Waals surface area contributed by atoms with E-state index in [9.17, 15) is 0 Å². The quantitative estimate of drug-likeness (QED) is 0.0933. The zero-order valence-electron chi connectivity index (χ0n) is 67.7. The molecule has 0 radical (unpaired) electrons. The van der Waals surface area contributed by atoms with E-state index >= 15 is 0 Å². The maximum Gasteiger partial charge on any atom is 0.187 e. The second-order valence-electron chi connectivity index (χ2n) is 29.3. The highest BCUT2D eigenvalue weighted by Crippen LogP contribution is 2.58. The van der Waals surface area contributed by atoms with Gasteiger partial charge in [0.25, 0.3) is 0 Å². The van der Waals surface area contributed by atoms with E-state index in [0.29, 0.717) is 17.5 Å². The van der Waals surface area contributed by atoms with Crippen LogP contribution in [0.25, 0.3) is 0 Å². The maximum absolute atomic E-state index is 7.59. The molecule has 21 heterocycles. The van der Waals surface area contributed by atoms with Crippen molar-refractivity contribution >= 4 is 7.92 Å². The largest absolute Gasteiger partial charge is 0.382 e. The summed E-state index contributed by atoms with van der Waals surface area (Å²) in [6.45, 7) is -0.102. The summed E-state index contributed by atoms with van der Waals surface area (Å²) in [7, 11) is 30.4. The SMILES string of the molecule is COC[C@H]1O[C@@H]2O[C@H]3[C@H](OC)[C@@H](OC)[C@@H](O[C@H]4[C@H](OC)[C@@H](OC)[C@@H](O[C@H]5[C@H](OC)[C@@H](OC)[C@@H](O[C@H]6[C@H](OC)[C@@H](OC)[C@@H](O[C@H]7[C@H](OC)[C@@H](OC)[C@@H](O[C@H]8[C@H](OC)[C@@H](OC)[C@@H](O[C@H]1[C@H](OC)[C@H]2OC)O[C@@H]8COC)O[C@@H]7COC)O[C@@H]6COC)O[C@@H]5CP(C1CCCCC1)C1CCCCC1)O[C@@H]4COC)O[C@@H]3COC. The molecule has 23 rings (SSSR count). The van der Waals surface area contributed by atoms with Crippen molar-refractivity contribution in [2.75, 3.05) is 188 Å². The minimum Gasteiger partial charge on any atom is -0.382 e. The number of ether oxygens (including phenoxy) is 34. The Hall–Kier alpha value is -0.930.